The molecule has 0 aliphatic carbocycles. The number of hydrogen-bond donors (Lipinski definition) is 1. The van der Waals surface area contributed by atoms with Crippen LogP contribution in [0.2, 0.25) is 0 Å². The van der Waals surface area contributed by atoms with Gasteiger partial charge in [-0.15, -0.1) is 0 Å². The number of hydrogen-bond acceptors (Lipinski definition) is 5. The van der Waals surface area contributed by atoms with Crippen molar-refractivity contribution in [1.29, 1.82) is 0 Å². The van der Waals surface area contributed by atoms with Gasteiger partial charge in [0.1, 0.15) is 5.75 Å². The van der Waals surface area contributed by atoms with E-state index < -0.39 is 15.9 Å². The highest BCUT2D eigenvalue weighted by Crippen LogP contribution is 2.30. The van der Waals surface area contributed by atoms with E-state index in [-0.39, 0.29) is 16.3 Å². The largest absolute Gasteiger partial charge is 0.495 e. The number of amides is 1. The molecule has 0 radical (unpaired) electrons. The highest BCUT2D eigenvalue weighted by Gasteiger charge is 2.26. The third-order valence-electron chi connectivity index (χ3n) is 4.42. The van der Waals surface area contributed by atoms with E-state index in [0.717, 1.165) is 25.7 Å². The molecule has 1 amide bonds. The lowest BCUT2D eigenvalue weighted by atomic mass is 10.2. The van der Waals surface area contributed by atoms with Gasteiger partial charge in [0.2, 0.25) is 10.0 Å². The minimum atomic E-state index is -3.63. The minimum Gasteiger partial charge on any atom is -0.495 e. The molecular weight excluding hydrogens is 436 g/mol. The summed E-state index contributed by atoms with van der Waals surface area (Å²) in [5.41, 5.74) is 0.269. The Kier molecular flexibility index (Phi) is 6.23. The van der Waals surface area contributed by atoms with Crippen molar-refractivity contribution in [1.82, 2.24) is 4.31 Å². The van der Waals surface area contributed by atoms with E-state index >= 15 is 0 Å². The molecule has 1 aliphatic heterocycles. The third kappa shape index (κ3) is 4.53. The van der Waals surface area contributed by atoms with E-state index in [1.165, 1.54) is 29.6 Å². The van der Waals surface area contributed by atoms with Crippen LogP contribution in [0.25, 0.3) is 0 Å². The van der Waals surface area contributed by atoms with Gasteiger partial charge in [0.05, 0.1) is 17.7 Å². The lowest BCUT2D eigenvalue weighted by molar-refractivity contribution is 0.0995. The van der Waals surface area contributed by atoms with E-state index in [9.17, 15) is 13.2 Å². The van der Waals surface area contributed by atoms with Crippen molar-refractivity contribution >= 4 is 37.5 Å². The number of methoxy groups -OCH3 is 1. The molecule has 0 atom stereocenters. The Balaban J connectivity index is 1.89. The first kappa shape index (κ1) is 19.9. The van der Waals surface area contributed by atoms with Crippen LogP contribution in [-0.4, -0.2) is 38.8 Å². The van der Waals surface area contributed by atoms with Crippen LogP contribution in [0.1, 0.15) is 36.2 Å². The zero-order valence-electron chi connectivity index (χ0n) is 14.9. The second-order valence-electron chi connectivity index (χ2n) is 6.24. The van der Waals surface area contributed by atoms with Crippen molar-refractivity contribution in [3.63, 3.8) is 0 Å². The summed E-state index contributed by atoms with van der Waals surface area (Å²) in [6.45, 7) is 1.02. The molecule has 1 aliphatic rings. The number of ether oxygens (including phenoxy) is 1. The monoisotopic (exact) mass is 456 g/mol. The molecule has 0 bridgehead atoms. The average Bonchev–Trinajstić information content (AvgIpc) is 2.91. The Labute approximate surface area is 166 Å². The van der Waals surface area contributed by atoms with Crippen molar-refractivity contribution in [3.8, 4) is 5.75 Å². The summed E-state index contributed by atoms with van der Waals surface area (Å²) in [5, 5.41) is 2.66. The van der Waals surface area contributed by atoms with Crippen LogP contribution < -0.4 is 10.1 Å². The van der Waals surface area contributed by atoms with Gasteiger partial charge >= 0.3 is 0 Å². The maximum Gasteiger partial charge on any atom is 0.291 e. The van der Waals surface area contributed by atoms with Gasteiger partial charge in [-0.2, -0.15) is 4.31 Å². The Morgan fingerprint density at radius 2 is 1.85 bits per heavy atom. The predicted octanol–water partition coefficient (Wildman–Crippen LogP) is 3.87. The number of furan rings is 1. The van der Waals surface area contributed by atoms with E-state index in [0.29, 0.717) is 23.5 Å². The highest BCUT2D eigenvalue weighted by atomic mass is 79.9. The fourth-order valence-electron chi connectivity index (χ4n) is 3.00. The number of anilines is 1. The minimum absolute atomic E-state index is 0.102. The van der Waals surface area contributed by atoms with Gasteiger partial charge in [-0.1, -0.05) is 12.8 Å². The molecule has 1 aromatic carbocycles. The summed E-state index contributed by atoms with van der Waals surface area (Å²) in [7, 11) is -2.18. The Morgan fingerprint density at radius 3 is 2.44 bits per heavy atom. The third-order valence-corrected chi connectivity index (χ3v) is 6.74. The van der Waals surface area contributed by atoms with Crippen molar-refractivity contribution in [3.05, 3.63) is 40.8 Å². The molecule has 1 fully saturated rings. The number of sulfonamides is 1. The second kappa shape index (κ2) is 8.45. The molecular formula is C18H21BrN2O5S. The standard InChI is InChI=1S/C18H21BrN2O5S/c1-25-15-7-6-13(27(23,24)21-10-4-2-3-5-11-21)12-14(15)20-18(22)16-8-9-17(19)26-16/h6-9,12H,2-5,10-11H2,1H3,(H,20,22). The Morgan fingerprint density at radius 1 is 1.15 bits per heavy atom. The molecule has 7 nitrogen and oxygen atoms in total. The number of rotatable bonds is 5. The molecule has 27 heavy (non-hydrogen) atoms. The van der Waals surface area contributed by atoms with Crippen LogP contribution in [0.4, 0.5) is 5.69 Å². The molecule has 0 unspecified atom stereocenters. The first-order valence-electron chi connectivity index (χ1n) is 8.66. The lowest BCUT2D eigenvalue weighted by Gasteiger charge is -2.21. The molecule has 0 spiro atoms. The van der Waals surface area contributed by atoms with Gasteiger partial charge in [-0.05, 0) is 59.1 Å². The summed E-state index contributed by atoms with van der Waals surface area (Å²) < 4.78 is 38.4. The van der Waals surface area contributed by atoms with Gasteiger partial charge in [-0.3, -0.25) is 4.79 Å². The van der Waals surface area contributed by atoms with Crippen LogP contribution in [0.3, 0.4) is 0 Å². The first-order chi connectivity index (χ1) is 12.9. The second-order valence-corrected chi connectivity index (χ2v) is 8.96. The molecule has 1 N–H and O–H groups in total. The number of nitrogens with zero attached hydrogens (tertiary/aromatic N) is 1. The topological polar surface area (TPSA) is 88.9 Å². The van der Waals surface area contributed by atoms with Crippen LogP contribution >= 0.6 is 15.9 Å². The van der Waals surface area contributed by atoms with E-state index in [1.54, 1.807) is 12.1 Å². The average molecular weight is 457 g/mol. The number of benzene rings is 1. The summed E-state index contributed by atoms with van der Waals surface area (Å²) in [4.78, 5) is 12.5. The first-order valence-corrected chi connectivity index (χ1v) is 10.9. The molecule has 1 aromatic heterocycles. The van der Waals surface area contributed by atoms with Crippen molar-refractivity contribution in [2.75, 3.05) is 25.5 Å². The van der Waals surface area contributed by atoms with E-state index in [4.69, 9.17) is 9.15 Å². The van der Waals surface area contributed by atoms with Gasteiger partial charge in [0.15, 0.2) is 10.4 Å². The van der Waals surface area contributed by atoms with Gasteiger partial charge in [0, 0.05) is 13.1 Å². The summed E-state index contributed by atoms with van der Waals surface area (Å²) >= 11 is 3.15. The molecule has 9 heteroatoms. The molecule has 0 saturated carbocycles. The van der Waals surface area contributed by atoms with Gasteiger partial charge in [-0.25, -0.2) is 8.42 Å². The Hall–Kier alpha value is -1.84. The van der Waals surface area contributed by atoms with Crippen LogP contribution in [0, 0.1) is 0 Å². The SMILES string of the molecule is COc1ccc(S(=O)(=O)N2CCCCCC2)cc1NC(=O)c1ccc(Br)o1. The summed E-state index contributed by atoms with van der Waals surface area (Å²) in [5.74, 6) is -0.0307. The summed E-state index contributed by atoms with van der Waals surface area (Å²) in [6, 6.07) is 7.58. The molecule has 1 saturated heterocycles. The summed E-state index contributed by atoms with van der Waals surface area (Å²) in [6.07, 6.45) is 3.78. The smallest absolute Gasteiger partial charge is 0.291 e. The molecule has 146 valence electrons. The normalized spacial score (nSPS) is 15.9. The number of halogens is 1. The zero-order chi connectivity index (χ0) is 19.4. The van der Waals surface area contributed by atoms with Crippen molar-refractivity contribution in [2.45, 2.75) is 30.6 Å². The molecule has 2 heterocycles. The lowest BCUT2D eigenvalue weighted by Crippen LogP contribution is -2.32. The van der Waals surface area contributed by atoms with E-state index in [2.05, 4.69) is 21.2 Å². The van der Waals surface area contributed by atoms with Crippen molar-refractivity contribution < 1.29 is 22.4 Å². The number of carbonyl (C=O) groups excluding carboxylic acids is 1. The van der Waals surface area contributed by atoms with Crippen LogP contribution in [0.5, 0.6) is 5.75 Å². The number of nitrogens with one attached hydrogen (secondary N) is 1. The maximum absolute atomic E-state index is 13.0. The van der Waals surface area contributed by atoms with Crippen LogP contribution in [0.15, 0.2) is 44.3 Å². The highest BCUT2D eigenvalue weighted by molar-refractivity contribution is 9.10. The predicted molar refractivity (Wildman–Crippen MR) is 105 cm³/mol. The zero-order valence-corrected chi connectivity index (χ0v) is 17.3. The fraction of sp³-hybridized carbons (Fsp3) is 0.389. The Bertz CT molecular complexity index is 918. The number of carbonyl (C=O) groups is 1. The van der Waals surface area contributed by atoms with Gasteiger partial charge < -0.3 is 14.5 Å². The molecule has 3 rings (SSSR count). The van der Waals surface area contributed by atoms with Gasteiger partial charge in [0.25, 0.3) is 5.91 Å². The van der Waals surface area contributed by atoms with E-state index in [1.807, 2.05) is 0 Å². The quantitative estimate of drug-likeness (QED) is 0.737. The van der Waals surface area contributed by atoms with Crippen LogP contribution in [-0.2, 0) is 10.0 Å². The molecule has 2 aromatic rings. The van der Waals surface area contributed by atoms with Crippen molar-refractivity contribution in [2.24, 2.45) is 0 Å². The fourth-order valence-corrected chi connectivity index (χ4v) is 4.85. The maximum atomic E-state index is 13.0.